The Kier molecular flexibility index (Phi) is 5.13. The van der Waals surface area contributed by atoms with Crippen LogP contribution in [-0.4, -0.2) is 42.7 Å². The summed E-state index contributed by atoms with van der Waals surface area (Å²) in [7, 11) is 2.08. The molecule has 1 saturated heterocycles. The van der Waals surface area contributed by atoms with Crippen molar-refractivity contribution in [2.24, 2.45) is 0 Å². The van der Waals surface area contributed by atoms with Gasteiger partial charge in [0.25, 0.3) is 0 Å². The van der Waals surface area contributed by atoms with Gasteiger partial charge >= 0.3 is 0 Å². The molecule has 0 saturated carbocycles. The summed E-state index contributed by atoms with van der Waals surface area (Å²) in [5.41, 5.74) is 2.62. The van der Waals surface area contributed by atoms with Gasteiger partial charge in [0, 0.05) is 49.8 Å². The number of hydrogen-bond acceptors (Lipinski definition) is 6. The molecule has 2 heterocycles. The summed E-state index contributed by atoms with van der Waals surface area (Å²) >= 11 is 1.48. The fraction of sp³-hybridized carbons (Fsp3) is 0.529. The second-order valence-electron chi connectivity index (χ2n) is 6.17. The van der Waals surface area contributed by atoms with Crippen LogP contribution in [0, 0.1) is 0 Å². The monoisotopic (exact) mass is 332 g/mol. The van der Waals surface area contributed by atoms with E-state index in [1.54, 1.807) is 0 Å². The van der Waals surface area contributed by atoms with Crippen LogP contribution in [-0.2, 0) is 11.3 Å². The molecule has 0 N–H and O–H groups in total. The number of morpholine rings is 1. The molecule has 1 aliphatic rings. The summed E-state index contributed by atoms with van der Waals surface area (Å²) < 4.78 is 9.92. The van der Waals surface area contributed by atoms with Crippen LogP contribution in [0.3, 0.4) is 0 Å². The molecule has 0 bridgehead atoms. The van der Waals surface area contributed by atoms with E-state index >= 15 is 0 Å². The highest BCUT2D eigenvalue weighted by molar-refractivity contribution is 7.09. The number of anilines is 2. The predicted molar refractivity (Wildman–Crippen MR) is 95.6 cm³/mol. The molecule has 1 aromatic heterocycles. The normalized spacial score (nSPS) is 15.2. The van der Waals surface area contributed by atoms with E-state index in [0.29, 0.717) is 5.92 Å². The molecule has 1 aliphatic heterocycles. The van der Waals surface area contributed by atoms with Crippen molar-refractivity contribution in [1.82, 2.24) is 9.36 Å². The Labute approximate surface area is 142 Å². The fourth-order valence-electron chi connectivity index (χ4n) is 2.70. The van der Waals surface area contributed by atoms with Crippen LogP contribution in [0.5, 0.6) is 0 Å². The third-order valence-electron chi connectivity index (χ3n) is 4.02. The van der Waals surface area contributed by atoms with E-state index in [0.717, 1.165) is 43.8 Å². The minimum Gasteiger partial charge on any atom is -0.378 e. The van der Waals surface area contributed by atoms with Crippen molar-refractivity contribution in [2.75, 3.05) is 43.2 Å². The van der Waals surface area contributed by atoms with Crippen molar-refractivity contribution in [3.05, 3.63) is 35.7 Å². The first kappa shape index (κ1) is 16.2. The Bertz CT molecular complexity index is 637. The summed E-state index contributed by atoms with van der Waals surface area (Å²) in [5.74, 6) is 1.30. The lowest BCUT2D eigenvalue weighted by Gasteiger charge is -2.31. The number of hydrogen-bond donors (Lipinski definition) is 0. The van der Waals surface area contributed by atoms with Gasteiger partial charge in [0.15, 0.2) is 0 Å². The third kappa shape index (κ3) is 3.82. The van der Waals surface area contributed by atoms with E-state index in [1.165, 1.54) is 22.8 Å². The lowest BCUT2D eigenvalue weighted by Crippen LogP contribution is -2.37. The summed E-state index contributed by atoms with van der Waals surface area (Å²) in [6, 6.07) is 8.61. The van der Waals surface area contributed by atoms with Crippen LogP contribution in [0.1, 0.15) is 31.2 Å². The molecular formula is C17H24N4OS. The number of para-hydroxylation sites is 1. The molecule has 2 aromatic rings. The lowest BCUT2D eigenvalue weighted by atomic mass is 10.1. The molecule has 0 aliphatic carbocycles. The van der Waals surface area contributed by atoms with E-state index < -0.39 is 0 Å². The van der Waals surface area contributed by atoms with E-state index in [2.05, 4.69) is 64.3 Å². The zero-order valence-corrected chi connectivity index (χ0v) is 14.8. The van der Waals surface area contributed by atoms with Gasteiger partial charge in [-0.1, -0.05) is 32.0 Å². The largest absolute Gasteiger partial charge is 0.378 e. The Morgan fingerprint density at radius 2 is 2.00 bits per heavy atom. The van der Waals surface area contributed by atoms with Crippen LogP contribution in [0.2, 0.25) is 0 Å². The molecule has 0 unspecified atom stereocenters. The maximum atomic E-state index is 5.47. The Balaban J connectivity index is 1.76. The molecule has 3 rings (SSSR count). The Morgan fingerprint density at radius 1 is 1.26 bits per heavy atom. The number of rotatable bonds is 5. The molecule has 124 valence electrons. The van der Waals surface area contributed by atoms with Crippen molar-refractivity contribution in [1.29, 1.82) is 0 Å². The molecule has 23 heavy (non-hydrogen) atoms. The molecule has 1 fully saturated rings. The number of nitrogens with zero attached hydrogens (tertiary/aromatic N) is 4. The topological polar surface area (TPSA) is 41.5 Å². The average Bonchev–Trinajstić information content (AvgIpc) is 3.07. The number of ether oxygens (including phenoxy) is 1. The van der Waals surface area contributed by atoms with Gasteiger partial charge in [0.05, 0.1) is 13.2 Å². The maximum absolute atomic E-state index is 5.47. The maximum Gasteiger partial charge on any atom is 0.205 e. The molecule has 5 nitrogen and oxygen atoms in total. The fourth-order valence-corrected chi connectivity index (χ4v) is 3.46. The highest BCUT2D eigenvalue weighted by Gasteiger charge is 2.17. The van der Waals surface area contributed by atoms with Crippen molar-refractivity contribution in [3.8, 4) is 0 Å². The van der Waals surface area contributed by atoms with Gasteiger partial charge in [-0.3, -0.25) is 0 Å². The molecular weight excluding hydrogens is 308 g/mol. The summed E-state index contributed by atoms with van der Waals surface area (Å²) in [5, 5.41) is 0.977. The van der Waals surface area contributed by atoms with Crippen LogP contribution in [0.4, 0.5) is 10.8 Å². The highest BCUT2D eigenvalue weighted by atomic mass is 32.1. The van der Waals surface area contributed by atoms with Crippen LogP contribution in [0.25, 0.3) is 0 Å². The van der Waals surface area contributed by atoms with Gasteiger partial charge in [-0.15, -0.1) is 0 Å². The van der Waals surface area contributed by atoms with Gasteiger partial charge in [-0.05, 0) is 11.6 Å². The minimum atomic E-state index is 0.369. The predicted octanol–water partition coefficient (Wildman–Crippen LogP) is 3.13. The molecule has 1 aromatic carbocycles. The Hall–Kier alpha value is -1.66. The van der Waals surface area contributed by atoms with E-state index in [1.807, 2.05) is 0 Å². The van der Waals surface area contributed by atoms with Gasteiger partial charge in [-0.2, -0.15) is 4.37 Å². The molecule has 0 spiro atoms. The first-order valence-electron chi connectivity index (χ1n) is 8.10. The van der Waals surface area contributed by atoms with Gasteiger partial charge in [0.1, 0.15) is 5.82 Å². The van der Waals surface area contributed by atoms with Gasteiger partial charge in [-0.25, -0.2) is 4.98 Å². The van der Waals surface area contributed by atoms with Gasteiger partial charge < -0.3 is 14.5 Å². The van der Waals surface area contributed by atoms with E-state index in [-0.39, 0.29) is 0 Å². The standard InChI is InChI=1S/C17H24N4OS/c1-13(2)16-18-17(23-19-16)20(3)12-14-6-4-5-7-15(14)21-8-10-22-11-9-21/h4-7,13H,8-12H2,1-3H3. The zero-order chi connectivity index (χ0) is 16.2. The summed E-state index contributed by atoms with van der Waals surface area (Å²) in [6.45, 7) is 8.60. The SMILES string of the molecule is CC(C)c1nsc(N(C)Cc2ccccc2N2CCOCC2)n1. The Morgan fingerprint density at radius 3 is 2.70 bits per heavy atom. The van der Waals surface area contributed by atoms with Crippen LogP contribution >= 0.6 is 11.5 Å². The molecule has 0 amide bonds. The quantitative estimate of drug-likeness (QED) is 0.841. The van der Waals surface area contributed by atoms with Gasteiger partial charge in [0.2, 0.25) is 5.13 Å². The number of benzene rings is 1. The minimum absolute atomic E-state index is 0.369. The summed E-state index contributed by atoms with van der Waals surface area (Å²) in [4.78, 5) is 9.24. The van der Waals surface area contributed by atoms with Crippen molar-refractivity contribution < 1.29 is 4.74 Å². The first-order chi connectivity index (χ1) is 11.1. The number of aromatic nitrogens is 2. The summed E-state index contributed by atoms with van der Waals surface area (Å²) in [6.07, 6.45) is 0. The van der Waals surface area contributed by atoms with Crippen LogP contribution < -0.4 is 9.80 Å². The smallest absolute Gasteiger partial charge is 0.205 e. The lowest BCUT2D eigenvalue weighted by molar-refractivity contribution is 0.122. The van der Waals surface area contributed by atoms with Crippen molar-refractivity contribution in [2.45, 2.75) is 26.3 Å². The molecule has 6 heteroatoms. The second-order valence-corrected chi connectivity index (χ2v) is 6.90. The van der Waals surface area contributed by atoms with Crippen LogP contribution in [0.15, 0.2) is 24.3 Å². The molecule has 0 radical (unpaired) electrons. The average molecular weight is 332 g/mol. The van der Waals surface area contributed by atoms with Crippen molar-refractivity contribution in [3.63, 3.8) is 0 Å². The second kappa shape index (κ2) is 7.27. The highest BCUT2D eigenvalue weighted by Crippen LogP contribution is 2.26. The van der Waals surface area contributed by atoms with Crippen molar-refractivity contribution >= 4 is 22.4 Å². The molecule has 0 atom stereocenters. The third-order valence-corrected chi connectivity index (χ3v) is 4.87. The first-order valence-corrected chi connectivity index (χ1v) is 8.88. The van der Waals surface area contributed by atoms with E-state index in [4.69, 9.17) is 4.74 Å². The zero-order valence-electron chi connectivity index (χ0n) is 14.0. The van der Waals surface area contributed by atoms with E-state index in [9.17, 15) is 0 Å².